The van der Waals surface area contributed by atoms with Gasteiger partial charge in [-0.1, -0.05) is 30.3 Å². The minimum atomic E-state index is 0.0433. The zero-order chi connectivity index (χ0) is 21.3. The molecule has 3 atom stereocenters. The SMILES string of the molecule is COc1ccc(C[NH+](C)CC(=O)N[C@H](C)[C@@H](c2ccccc2)[NH+]2CCOCC2)cc1. The lowest BCUT2D eigenvalue weighted by Crippen LogP contribution is -3.15. The zero-order valence-corrected chi connectivity index (χ0v) is 18.3. The molecule has 1 fully saturated rings. The van der Waals surface area contributed by atoms with E-state index in [1.807, 2.05) is 18.2 Å². The topological polar surface area (TPSA) is 56.4 Å². The molecule has 0 aliphatic carbocycles. The van der Waals surface area contributed by atoms with Gasteiger partial charge in [0.1, 0.15) is 31.4 Å². The second-order valence-corrected chi connectivity index (χ2v) is 8.17. The Labute approximate surface area is 179 Å². The number of hydrogen-bond acceptors (Lipinski definition) is 3. The third-order valence-electron chi connectivity index (χ3n) is 5.75. The molecule has 0 bridgehead atoms. The maximum Gasteiger partial charge on any atom is 0.275 e. The van der Waals surface area contributed by atoms with Gasteiger partial charge in [0.05, 0.1) is 33.4 Å². The Kier molecular flexibility index (Phi) is 8.25. The summed E-state index contributed by atoms with van der Waals surface area (Å²) < 4.78 is 10.8. The Bertz CT molecular complexity index is 776. The van der Waals surface area contributed by atoms with Gasteiger partial charge >= 0.3 is 0 Å². The van der Waals surface area contributed by atoms with E-state index in [0.29, 0.717) is 6.54 Å². The molecular formula is C24H35N3O3+2. The van der Waals surface area contributed by atoms with Crippen molar-refractivity contribution in [2.24, 2.45) is 0 Å². The van der Waals surface area contributed by atoms with Crippen molar-refractivity contribution in [2.45, 2.75) is 25.6 Å². The molecule has 3 N–H and O–H groups in total. The number of hydrogen-bond donors (Lipinski definition) is 3. The highest BCUT2D eigenvalue weighted by Crippen LogP contribution is 2.14. The van der Waals surface area contributed by atoms with Crippen LogP contribution in [0.4, 0.5) is 0 Å². The van der Waals surface area contributed by atoms with E-state index < -0.39 is 0 Å². The van der Waals surface area contributed by atoms with Gasteiger partial charge in [0.25, 0.3) is 5.91 Å². The first-order valence-electron chi connectivity index (χ1n) is 10.8. The Morgan fingerprint density at radius 3 is 2.43 bits per heavy atom. The average Bonchev–Trinajstić information content (AvgIpc) is 2.75. The number of carbonyl (C=O) groups excluding carboxylic acids is 1. The molecule has 0 spiro atoms. The summed E-state index contributed by atoms with van der Waals surface area (Å²) >= 11 is 0. The molecule has 2 aromatic rings. The number of likely N-dealkylation sites (N-methyl/N-ethyl adjacent to an activating group) is 1. The molecule has 6 heteroatoms. The van der Waals surface area contributed by atoms with Crippen LogP contribution in [-0.4, -0.2) is 59.0 Å². The van der Waals surface area contributed by atoms with E-state index in [1.54, 1.807) is 7.11 Å². The van der Waals surface area contributed by atoms with E-state index in [0.717, 1.165) is 43.5 Å². The van der Waals surface area contributed by atoms with Crippen molar-refractivity contribution in [1.82, 2.24) is 5.32 Å². The fourth-order valence-electron chi connectivity index (χ4n) is 4.30. The molecule has 0 radical (unpaired) electrons. The highest BCUT2D eigenvalue weighted by atomic mass is 16.5. The van der Waals surface area contributed by atoms with Crippen molar-refractivity contribution in [3.63, 3.8) is 0 Å². The number of nitrogens with one attached hydrogen (secondary N) is 3. The number of rotatable bonds is 9. The van der Waals surface area contributed by atoms with Crippen molar-refractivity contribution >= 4 is 5.91 Å². The van der Waals surface area contributed by atoms with E-state index >= 15 is 0 Å². The highest BCUT2D eigenvalue weighted by Gasteiger charge is 2.32. The second kappa shape index (κ2) is 11.1. The molecule has 162 valence electrons. The van der Waals surface area contributed by atoms with Crippen LogP contribution in [0.25, 0.3) is 0 Å². The predicted octanol–water partition coefficient (Wildman–Crippen LogP) is -0.129. The van der Waals surface area contributed by atoms with E-state index in [-0.39, 0.29) is 18.0 Å². The third kappa shape index (κ3) is 6.29. The Hall–Kier alpha value is -2.41. The standard InChI is InChI=1S/C24H33N3O3/c1-19(24(21-7-5-4-6-8-21)27-13-15-30-16-14-27)25-23(28)18-26(2)17-20-9-11-22(29-3)12-10-20/h4-12,19,24H,13-18H2,1-3H3,(H,25,28)/p+2/t19-,24+/m1/s1. The molecular weight excluding hydrogens is 378 g/mol. The second-order valence-electron chi connectivity index (χ2n) is 8.17. The first kappa shape index (κ1) is 22.3. The summed E-state index contributed by atoms with van der Waals surface area (Å²) in [6.45, 7) is 6.82. The summed E-state index contributed by atoms with van der Waals surface area (Å²) in [5.41, 5.74) is 2.45. The van der Waals surface area contributed by atoms with Crippen molar-refractivity contribution in [3.8, 4) is 5.75 Å². The Morgan fingerprint density at radius 2 is 1.80 bits per heavy atom. The molecule has 0 saturated carbocycles. The van der Waals surface area contributed by atoms with Gasteiger partial charge in [0, 0.05) is 11.1 Å². The fraction of sp³-hybridized carbons (Fsp3) is 0.458. The van der Waals surface area contributed by atoms with Crippen LogP contribution < -0.4 is 19.9 Å². The maximum atomic E-state index is 12.8. The minimum Gasteiger partial charge on any atom is -0.497 e. The Balaban J connectivity index is 1.58. The van der Waals surface area contributed by atoms with Crippen LogP contribution in [0.15, 0.2) is 54.6 Å². The van der Waals surface area contributed by atoms with Crippen molar-refractivity contribution in [3.05, 3.63) is 65.7 Å². The number of carbonyl (C=O) groups is 1. The van der Waals surface area contributed by atoms with E-state index in [4.69, 9.17) is 9.47 Å². The van der Waals surface area contributed by atoms with Crippen LogP contribution in [0.2, 0.25) is 0 Å². The first-order chi connectivity index (χ1) is 14.6. The predicted molar refractivity (Wildman–Crippen MR) is 117 cm³/mol. The smallest absolute Gasteiger partial charge is 0.275 e. The molecule has 1 saturated heterocycles. The summed E-state index contributed by atoms with van der Waals surface area (Å²) in [4.78, 5) is 15.4. The number of ether oxygens (including phenoxy) is 2. The minimum absolute atomic E-state index is 0.0433. The molecule has 1 amide bonds. The monoisotopic (exact) mass is 413 g/mol. The van der Waals surface area contributed by atoms with Crippen LogP contribution in [0.3, 0.4) is 0 Å². The quantitative estimate of drug-likeness (QED) is 0.537. The first-order valence-corrected chi connectivity index (χ1v) is 10.8. The summed E-state index contributed by atoms with van der Waals surface area (Å²) in [5.74, 6) is 0.933. The lowest BCUT2D eigenvalue weighted by Gasteiger charge is -2.35. The summed E-state index contributed by atoms with van der Waals surface area (Å²) in [7, 11) is 3.72. The van der Waals surface area contributed by atoms with Crippen LogP contribution in [0.5, 0.6) is 5.75 Å². The Morgan fingerprint density at radius 1 is 1.13 bits per heavy atom. The largest absolute Gasteiger partial charge is 0.497 e. The van der Waals surface area contributed by atoms with Gasteiger partial charge in [-0.25, -0.2) is 0 Å². The van der Waals surface area contributed by atoms with Crippen LogP contribution in [0.1, 0.15) is 24.1 Å². The van der Waals surface area contributed by atoms with Gasteiger partial charge in [-0.2, -0.15) is 0 Å². The lowest BCUT2D eigenvalue weighted by molar-refractivity contribution is -0.940. The molecule has 0 aromatic heterocycles. The number of benzene rings is 2. The van der Waals surface area contributed by atoms with Crippen molar-refractivity contribution in [1.29, 1.82) is 0 Å². The van der Waals surface area contributed by atoms with E-state index in [1.165, 1.54) is 16.0 Å². The summed E-state index contributed by atoms with van der Waals surface area (Å²) in [6.07, 6.45) is 0. The number of methoxy groups -OCH3 is 1. The molecule has 30 heavy (non-hydrogen) atoms. The van der Waals surface area contributed by atoms with Crippen LogP contribution in [-0.2, 0) is 16.1 Å². The van der Waals surface area contributed by atoms with Gasteiger partial charge < -0.3 is 24.6 Å². The molecule has 3 rings (SSSR count). The lowest BCUT2D eigenvalue weighted by atomic mass is 9.98. The third-order valence-corrected chi connectivity index (χ3v) is 5.75. The van der Waals surface area contributed by atoms with E-state index in [2.05, 4.69) is 55.7 Å². The van der Waals surface area contributed by atoms with Gasteiger partial charge in [-0.05, 0) is 31.2 Å². The van der Waals surface area contributed by atoms with Crippen molar-refractivity contribution < 1.29 is 24.1 Å². The van der Waals surface area contributed by atoms with E-state index in [9.17, 15) is 4.79 Å². The van der Waals surface area contributed by atoms with Gasteiger partial charge in [0.2, 0.25) is 0 Å². The average molecular weight is 414 g/mol. The van der Waals surface area contributed by atoms with Crippen molar-refractivity contribution in [2.75, 3.05) is 47.0 Å². The number of quaternary nitrogens is 2. The van der Waals surface area contributed by atoms with Crippen LogP contribution in [0, 0.1) is 0 Å². The van der Waals surface area contributed by atoms with Crippen LogP contribution >= 0.6 is 0 Å². The fourth-order valence-corrected chi connectivity index (χ4v) is 4.30. The molecule has 1 aliphatic heterocycles. The molecule has 1 aliphatic rings. The van der Waals surface area contributed by atoms with Gasteiger partial charge in [-0.15, -0.1) is 0 Å². The molecule has 6 nitrogen and oxygen atoms in total. The summed E-state index contributed by atoms with van der Waals surface area (Å²) in [5, 5.41) is 3.27. The van der Waals surface area contributed by atoms with Gasteiger partial charge in [-0.3, -0.25) is 4.79 Å². The normalized spacial score (nSPS) is 17.7. The highest BCUT2D eigenvalue weighted by molar-refractivity contribution is 5.77. The molecule has 2 aromatic carbocycles. The number of morpholine rings is 1. The maximum absolute atomic E-state index is 12.8. The zero-order valence-electron chi connectivity index (χ0n) is 18.3. The summed E-state index contributed by atoms with van der Waals surface area (Å²) in [6, 6.07) is 18.8. The number of amides is 1. The molecule has 1 unspecified atom stereocenters. The van der Waals surface area contributed by atoms with Gasteiger partial charge in [0.15, 0.2) is 6.54 Å². The molecule has 1 heterocycles.